The predicted octanol–water partition coefficient (Wildman–Crippen LogP) is 3.11. The fraction of sp³-hybridized carbons (Fsp3) is 0.364. The number of carbonyl (C=O) groups is 1. The van der Waals surface area contributed by atoms with Crippen LogP contribution >= 0.6 is 0 Å². The molecule has 0 aliphatic carbocycles. The van der Waals surface area contributed by atoms with E-state index in [4.69, 9.17) is 0 Å². The van der Waals surface area contributed by atoms with Gasteiger partial charge in [0, 0.05) is 49.8 Å². The zero-order valence-electron chi connectivity index (χ0n) is 17.8. The Morgan fingerprint density at radius 3 is 2.43 bits per heavy atom. The Bertz CT molecular complexity index is 938. The molecule has 0 saturated carbocycles. The van der Waals surface area contributed by atoms with E-state index < -0.39 is 10.0 Å². The van der Waals surface area contributed by atoms with Gasteiger partial charge in [0.2, 0.25) is 10.0 Å². The second-order valence-corrected chi connectivity index (χ2v) is 8.86. The number of allylic oxidation sites excluding steroid dienone is 2. The minimum Gasteiger partial charge on any atom is -0.336 e. The quantitative estimate of drug-likeness (QED) is 0.683. The minimum atomic E-state index is -3.30. The summed E-state index contributed by atoms with van der Waals surface area (Å²) in [7, 11) is -3.30. The summed E-state index contributed by atoms with van der Waals surface area (Å²) in [4.78, 5) is 14.1. The van der Waals surface area contributed by atoms with Crippen LogP contribution in [0.3, 0.4) is 0 Å². The topological polar surface area (TPSA) is 75.5 Å². The Morgan fingerprint density at radius 1 is 1.13 bits per heavy atom. The highest BCUT2D eigenvalue weighted by Gasteiger charge is 2.33. The van der Waals surface area contributed by atoms with Gasteiger partial charge in [-0.2, -0.15) is 9.40 Å². The van der Waals surface area contributed by atoms with Crippen LogP contribution in [0.1, 0.15) is 31.1 Å². The molecule has 7 nitrogen and oxygen atoms in total. The van der Waals surface area contributed by atoms with Crippen molar-refractivity contribution in [1.29, 1.82) is 0 Å². The number of aromatic nitrogens is 2. The second kappa shape index (κ2) is 11.5. The molecule has 1 saturated heterocycles. The summed E-state index contributed by atoms with van der Waals surface area (Å²) in [6.07, 6.45) is 10.8. The van der Waals surface area contributed by atoms with Crippen LogP contribution in [0.25, 0.3) is 6.20 Å². The standard InChI is InChI=1S/C16H22N2O3S.C6H8N2/c1-3-4-12-22(20,21)18-11-10-17(13-14(18)2)16(19)15-8-6-5-7-9-15;1-2-5-8-6-3-4-7-8/h3-9,14H,10-13H2,1-2H3;2-6H,1H3/b4-3-;5-2+. The summed E-state index contributed by atoms with van der Waals surface area (Å²) >= 11 is 0. The first-order chi connectivity index (χ1) is 14.4. The molecule has 1 aliphatic rings. The maximum absolute atomic E-state index is 12.4. The van der Waals surface area contributed by atoms with E-state index in [1.165, 1.54) is 4.31 Å². The SMILES string of the molecule is C/C=C/n1cccn1.C/C=C\CS(=O)(=O)N1CCN(C(=O)c2ccccc2)CC1C. The zero-order valence-corrected chi connectivity index (χ0v) is 18.6. The normalized spacial score (nSPS) is 17.8. The molecule has 162 valence electrons. The molecular formula is C22H30N4O3S. The van der Waals surface area contributed by atoms with Crippen LogP contribution in [-0.2, 0) is 10.0 Å². The largest absolute Gasteiger partial charge is 0.336 e. The van der Waals surface area contributed by atoms with E-state index in [9.17, 15) is 13.2 Å². The molecule has 2 aromatic rings. The van der Waals surface area contributed by atoms with Crippen LogP contribution in [-0.4, -0.2) is 64.7 Å². The van der Waals surface area contributed by atoms with E-state index in [0.29, 0.717) is 25.2 Å². The molecule has 1 atom stereocenters. The maximum Gasteiger partial charge on any atom is 0.253 e. The summed E-state index contributed by atoms with van der Waals surface area (Å²) in [5.41, 5.74) is 0.639. The van der Waals surface area contributed by atoms with Crippen molar-refractivity contribution < 1.29 is 13.2 Å². The third-order valence-electron chi connectivity index (χ3n) is 4.60. The van der Waals surface area contributed by atoms with E-state index >= 15 is 0 Å². The number of nitrogens with zero attached hydrogens (tertiary/aromatic N) is 4. The van der Waals surface area contributed by atoms with Crippen LogP contribution in [0.15, 0.2) is 67.0 Å². The number of hydrogen-bond acceptors (Lipinski definition) is 4. The van der Waals surface area contributed by atoms with Gasteiger partial charge in [0.1, 0.15) is 0 Å². The molecule has 1 fully saturated rings. The van der Waals surface area contributed by atoms with Crippen LogP contribution in [0.5, 0.6) is 0 Å². The zero-order chi connectivity index (χ0) is 22.0. The van der Waals surface area contributed by atoms with Crippen molar-refractivity contribution in [3.8, 4) is 0 Å². The average molecular weight is 431 g/mol. The molecule has 30 heavy (non-hydrogen) atoms. The highest BCUT2D eigenvalue weighted by molar-refractivity contribution is 7.89. The lowest BCUT2D eigenvalue weighted by Crippen LogP contribution is -2.55. The van der Waals surface area contributed by atoms with Gasteiger partial charge in [-0.15, -0.1) is 0 Å². The Morgan fingerprint density at radius 2 is 1.87 bits per heavy atom. The van der Waals surface area contributed by atoms with Crippen LogP contribution in [0, 0.1) is 0 Å². The van der Waals surface area contributed by atoms with Gasteiger partial charge < -0.3 is 4.90 Å². The average Bonchev–Trinajstić information content (AvgIpc) is 3.26. The Kier molecular flexibility index (Phi) is 9.01. The molecule has 1 amide bonds. The number of carbonyl (C=O) groups excluding carboxylic acids is 1. The fourth-order valence-electron chi connectivity index (χ4n) is 3.14. The number of amides is 1. The van der Waals surface area contributed by atoms with Gasteiger partial charge in [0.25, 0.3) is 5.91 Å². The van der Waals surface area contributed by atoms with E-state index in [1.54, 1.807) is 47.0 Å². The first-order valence-corrected chi connectivity index (χ1v) is 11.6. The molecule has 0 spiro atoms. The molecule has 0 N–H and O–H groups in total. The van der Waals surface area contributed by atoms with E-state index in [1.807, 2.05) is 56.6 Å². The van der Waals surface area contributed by atoms with Crippen molar-refractivity contribution in [2.75, 3.05) is 25.4 Å². The lowest BCUT2D eigenvalue weighted by molar-refractivity contribution is 0.0642. The third-order valence-corrected chi connectivity index (χ3v) is 6.47. The highest BCUT2D eigenvalue weighted by Crippen LogP contribution is 2.17. The molecule has 0 bridgehead atoms. The van der Waals surface area contributed by atoms with Gasteiger partial charge in [-0.3, -0.25) is 4.79 Å². The summed E-state index contributed by atoms with van der Waals surface area (Å²) in [5.74, 6) is -0.0292. The monoisotopic (exact) mass is 430 g/mol. The molecular weight excluding hydrogens is 400 g/mol. The summed E-state index contributed by atoms with van der Waals surface area (Å²) in [6.45, 7) is 6.80. The van der Waals surface area contributed by atoms with Gasteiger partial charge in [-0.1, -0.05) is 36.4 Å². The van der Waals surface area contributed by atoms with E-state index in [0.717, 1.165) is 0 Å². The molecule has 1 aromatic heterocycles. The van der Waals surface area contributed by atoms with Gasteiger partial charge in [-0.05, 0) is 39.0 Å². The molecule has 8 heteroatoms. The summed E-state index contributed by atoms with van der Waals surface area (Å²) in [6, 6.07) is 10.8. The second-order valence-electron chi connectivity index (χ2n) is 6.89. The lowest BCUT2D eigenvalue weighted by Gasteiger charge is -2.38. The Labute approximate surface area is 179 Å². The van der Waals surface area contributed by atoms with Gasteiger partial charge in [0.15, 0.2) is 0 Å². The fourth-order valence-corrected chi connectivity index (χ4v) is 4.74. The number of hydrogen-bond donors (Lipinski definition) is 0. The summed E-state index contributed by atoms with van der Waals surface area (Å²) < 4.78 is 27.8. The highest BCUT2D eigenvalue weighted by atomic mass is 32.2. The molecule has 3 rings (SSSR count). The number of benzene rings is 1. The van der Waals surface area contributed by atoms with Gasteiger partial charge in [0.05, 0.1) is 5.75 Å². The molecule has 0 radical (unpaired) electrons. The maximum atomic E-state index is 12.4. The predicted molar refractivity (Wildman–Crippen MR) is 120 cm³/mol. The van der Waals surface area contributed by atoms with E-state index in [-0.39, 0.29) is 17.7 Å². The number of rotatable bonds is 5. The molecule has 1 aliphatic heterocycles. The van der Waals surface area contributed by atoms with Gasteiger partial charge >= 0.3 is 0 Å². The minimum absolute atomic E-state index is 0.0144. The Balaban J connectivity index is 0.000000335. The van der Waals surface area contributed by atoms with Crippen LogP contribution < -0.4 is 0 Å². The third kappa shape index (κ3) is 6.67. The lowest BCUT2D eigenvalue weighted by atomic mass is 10.1. The number of sulfonamides is 1. The first-order valence-electron chi connectivity index (χ1n) is 9.96. The summed E-state index contributed by atoms with van der Waals surface area (Å²) in [5, 5.41) is 3.94. The van der Waals surface area contributed by atoms with Crippen LogP contribution in [0.2, 0.25) is 0 Å². The van der Waals surface area contributed by atoms with Crippen molar-refractivity contribution in [2.24, 2.45) is 0 Å². The van der Waals surface area contributed by atoms with Crippen molar-refractivity contribution in [3.05, 3.63) is 72.6 Å². The smallest absolute Gasteiger partial charge is 0.253 e. The molecule has 1 unspecified atom stereocenters. The first kappa shape index (κ1) is 23.6. The van der Waals surface area contributed by atoms with Crippen LogP contribution in [0.4, 0.5) is 0 Å². The van der Waals surface area contributed by atoms with Gasteiger partial charge in [-0.25, -0.2) is 13.1 Å². The van der Waals surface area contributed by atoms with Crippen molar-refractivity contribution >= 4 is 22.1 Å². The van der Waals surface area contributed by atoms with E-state index in [2.05, 4.69) is 5.10 Å². The number of piperazine rings is 1. The Hall–Kier alpha value is -2.71. The van der Waals surface area contributed by atoms with Crippen molar-refractivity contribution in [3.63, 3.8) is 0 Å². The molecule has 2 heterocycles. The van der Waals surface area contributed by atoms with Crippen molar-refractivity contribution in [2.45, 2.75) is 26.8 Å². The van der Waals surface area contributed by atoms with Crippen molar-refractivity contribution in [1.82, 2.24) is 19.0 Å². The molecule has 1 aromatic carbocycles.